The van der Waals surface area contributed by atoms with Gasteiger partial charge in [-0.1, -0.05) is 12.0 Å². The molecule has 0 atom stereocenters. The van der Waals surface area contributed by atoms with Crippen molar-refractivity contribution in [3.8, 4) is 5.19 Å². The molecule has 13 heavy (non-hydrogen) atoms. The van der Waals surface area contributed by atoms with E-state index in [9.17, 15) is 0 Å². The van der Waals surface area contributed by atoms with Gasteiger partial charge in [0.15, 0.2) is 3.92 Å². The highest BCUT2D eigenvalue weighted by atomic mass is 79.9. The van der Waals surface area contributed by atoms with Gasteiger partial charge in [-0.05, 0) is 33.7 Å². The van der Waals surface area contributed by atoms with Crippen LogP contribution in [0.2, 0.25) is 0 Å². The van der Waals surface area contributed by atoms with Crippen molar-refractivity contribution in [2.45, 2.75) is 13.3 Å². The summed E-state index contributed by atoms with van der Waals surface area (Å²) in [4.78, 5) is 0. The molecular weight excluding hydrogens is 256 g/mol. The second kappa shape index (κ2) is 6.28. The Labute approximate surface area is 89.4 Å². The predicted molar refractivity (Wildman–Crippen MR) is 54.2 cm³/mol. The summed E-state index contributed by atoms with van der Waals surface area (Å²) in [7, 11) is 0. The summed E-state index contributed by atoms with van der Waals surface area (Å²) in [5, 5.41) is 8.10. The summed E-state index contributed by atoms with van der Waals surface area (Å²) >= 11 is 4.57. The Balaban J connectivity index is 2.06. The minimum atomic E-state index is 0.529. The van der Waals surface area contributed by atoms with Gasteiger partial charge in [0.2, 0.25) is 0 Å². The lowest BCUT2D eigenvalue weighted by Crippen LogP contribution is -2.06. The van der Waals surface area contributed by atoms with E-state index in [1.54, 1.807) is 0 Å². The molecule has 0 bridgehead atoms. The van der Waals surface area contributed by atoms with Gasteiger partial charge in [0.05, 0.1) is 6.61 Å². The highest BCUT2D eigenvalue weighted by Crippen LogP contribution is 2.21. The Morgan fingerprint density at radius 1 is 1.31 bits per heavy atom. The molecular formula is C7H11BrN2O2S. The molecule has 0 saturated heterocycles. The summed E-state index contributed by atoms with van der Waals surface area (Å²) in [5.74, 6) is 0. The predicted octanol–water partition coefficient (Wildman–Crippen LogP) is 2.11. The van der Waals surface area contributed by atoms with Crippen molar-refractivity contribution in [2.24, 2.45) is 0 Å². The third-order valence-electron chi connectivity index (χ3n) is 1.18. The van der Waals surface area contributed by atoms with E-state index < -0.39 is 0 Å². The zero-order valence-corrected chi connectivity index (χ0v) is 9.73. The Bertz CT molecular complexity index is 244. The largest absolute Gasteiger partial charge is 0.466 e. The van der Waals surface area contributed by atoms with Crippen LogP contribution in [0.15, 0.2) is 3.92 Å². The molecule has 1 aromatic heterocycles. The Morgan fingerprint density at radius 2 is 2.15 bits per heavy atom. The van der Waals surface area contributed by atoms with Crippen LogP contribution in [0.25, 0.3) is 0 Å². The average Bonchev–Trinajstić information content (AvgIpc) is 2.51. The molecule has 1 rings (SSSR count). The Kier molecular flexibility index (Phi) is 5.26. The third-order valence-corrected chi connectivity index (χ3v) is 2.45. The third kappa shape index (κ3) is 4.54. The zero-order valence-electron chi connectivity index (χ0n) is 7.33. The first-order valence-electron chi connectivity index (χ1n) is 4.02. The van der Waals surface area contributed by atoms with Gasteiger partial charge in [-0.15, -0.1) is 5.10 Å². The van der Waals surface area contributed by atoms with Crippen LogP contribution in [-0.4, -0.2) is 30.0 Å². The van der Waals surface area contributed by atoms with Gasteiger partial charge in [0.25, 0.3) is 5.19 Å². The van der Waals surface area contributed by atoms with Crippen LogP contribution < -0.4 is 4.74 Å². The normalized spacial score (nSPS) is 10.3. The fourth-order valence-electron chi connectivity index (χ4n) is 0.686. The Hall–Kier alpha value is -0.200. The summed E-state index contributed by atoms with van der Waals surface area (Å²) in [6, 6.07) is 0. The van der Waals surface area contributed by atoms with Crippen molar-refractivity contribution in [3.05, 3.63) is 3.92 Å². The molecule has 0 aromatic carbocycles. The minimum absolute atomic E-state index is 0.529. The van der Waals surface area contributed by atoms with Crippen LogP contribution in [0.4, 0.5) is 0 Å². The molecule has 0 saturated carbocycles. The van der Waals surface area contributed by atoms with E-state index in [1.807, 2.05) is 0 Å². The maximum Gasteiger partial charge on any atom is 0.294 e. The fraction of sp³-hybridized carbons (Fsp3) is 0.714. The van der Waals surface area contributed by atoms with Gasteiger partial charge in [-0.2, -0.15) is 0 Å². The number of rotatable bonds is 6. The van der Waals surface area contributed by atoms with Gasteiger partial charge in [0.1, 0.15) is 6.61 Å². The molecule has 0 N–H and O–H groups in total. The molecule has 0 unspecified atom stereocenters. The number of nitrogens with zero attached hydrogens (tertiary/aromatic N) is 2. The topological polar surface area (TPSA) is 44.2 Å². The fourth-order valence-corrected chi connectivity index (χ4v) is 1.63. The summed E-state index contributed by atoms with van der Waals surface area (Å²) in [6.45, 7) is 3.98. The summed E-state index contributed by atoms with van der Waals surface area (Å²) in [5.41, 5.74) is 0. The molecule has 0 radical (unpaired) electrons. The van der Waals surface area contributed by atoms with E-state index in [0.717, 1.165) is 16.9 Å². The van der Waals surface area contributed by atoms with E-state index in [4.69, 9.17) is 9.47 Å². The summed E-state index contributed by atoms with van der Waals surface area (Å²) < 4.78 is 11.2. The molecule has 0 aliphatic rings. The van der Waals surface area contributed by atoms with Gasteiger partial charge < -0.3 is 9.47 Å². The SMILES string of the molecule is CCCOCCOc1nnc(Br)s1. The van der Waals surface area contributed by atoms with E-state index in [-0.39, 0.29) is 0 Å². The average molecular weight is 267 g/mol. The van der Waals surface area contributed by atoms with Crippen molar-refractivity contribution >= 4 is 27.3 Å². The number of aromatic nitrogens is 2. The number of halogens is 1. The van der Waals surface area contributed by atoms with Crippen molar-refractivity contribution in [3.63, 3.8) is 0 Å². The van der Waals surface area contributed by atoms with Gasteiger partial charge in [0, 0.05) is 6.61 Å². The van der Waals surface area contributed by atoms with Crippen molar-refractivity contribution < 1.29 is 9.47 Å². The van der Waals surface area contributed by atoms with E-state index in [0.29, 0.717) is 18.4 Å². The quantitative estimate of drug-likeness (QED) is 0.740. The van der Waals surface area contributed by atoms with Crippen LogP contribution in [-0.2, 0) is 4.74 Å². The van der Waals surface area contributed by atoms with E-state index in [1.165, 1.54) is 11.3 Å². The van der Waals surface area contributed by atoms with E-state index in [2.05, 4.69) is 33.1 Å². The molecule has 74 valence electrons. The molecule has 6 heteroatoms. The van der Waals surface area contributed by atoms with Crippen molar-refractivity contribution in [1.82, 2.24) is 10.2 Å². The monoisotopic (exact) mass is 266 g/mol. The molecule has 1 aromatic rings. The van der Waals surface area contributed by atoms with Gasteiger partial charge >= 0.3 is 0 Å². The first kappa shape index (κ1) is 10.9. The second-order valence-corrected chi connectivity index (χ2v) is 4.50. The number of hydrogen-bond acceptors (Lipinski definition) is 5. The smallest absolute Gasteiger partial charge is 0.294 e. The minimum Gasteiger partial charge on any atom is -0.466 e. The lowest BCUT2D eigenvalue weighted by atomic mass is 10.5. The maximum atomic E-state index is 5.26. The van der Waals surface area contributed by atoms with Crippen molar-refractivity contribution in [2.75, 3.05) is 19.8 Å². The first-order valence-corrected chi connectivity index (χ1v) is 5.63. The standard InChI is InChI=1S/C7H11BrN2O2S/c1-2-3-11-4-5-12-7-10-9-6(8)13-7/h2-5H2,1H3. The van der Waals surface area contributed by atoms with Gasteiger partial charge in [-0.3, -0.25) is 0 Å². The molecule has 0 amide bonds. The number of hydrogen-bond donors (Lipinski definition) is 0. The molecule has 0 aliphatic heterocycles. The second-order valence-electron chi connectivity index (χ2n) is 2.28. The molecule has 0 aliphatic carbocycles. The highest BCUT2D eigenvalue weighted by Gasteiger charge is 2.00. The van der Waals surface area contributed by atoms with Crippen LogP contribution in [0, 0.1) is 0 Å². The molecule has 4 nitrogen and oxygen atoms in total. The first-order chi connectivity index (χ1) is 6.33. The van der Waals surface area contributed by atoms with Crippen LogP contribution in [0.5, 0.6) is 5.19 Å². The molecule has 0 spiro atoms. The maximum absolute atomic E-state index is 5.26. The lowest BCUT2D eigenvalue weighted by molar-refractivity contribution is 0.100. The number of ether oxygens (including phenoxy) is 2. The van der Waals surface area contributed by atoms with Crippen LogP contribution in [0.1, 0.15) is 13.3 Å². The van der Waals surface area contributed by atoms with Crippen molar-refractivity contribution in [1.29, 1.82) is 0 Å². The molecule has 1 heterocycles. The van der Waals surface area contributed by atoms with Gasteiger partial charge in [-0.25, -0.2) is 0 Å². The van der Waals surface area contributed by atoms with Crippen LogP contribution >= 0.6 is 27.3 Å². The van der Waals surface area contributed by atoms with Crippen LogP contribution in [0.3, 0.4) is 0 Å². The Morgan fingerprint density at radius 3 is 2.77 bits per heavy atom. The zero-order chi connectivity index (χ0) is 9.52. The van der Waals surface area contributed by atoms with E-state index >= 15 is 0 Å². The summed E-state index contributed by atoms with van der Waals surface area (Å²) in [6.07, 6.45) is 1.03. The lowest BCUT2D eigenvalue weighted by Gasteiger charge is -2.01. The molecule has 0 fully saturated rings. The highest BCUT2D eigenvalue weighted by molar-refractivity contribution is 9.11.